The number of benzene rings is 1. The van der Waals surface area contributed by atoms with Crippen LogP contribution in [0.1, 0.15) is 38.3 Å². The summed E-state index contributed by atoms with van der Waals surface area (Å²) < 4.78 is 10.0. The van der Waals surface area contributed by atoms with Crippen molar-refractivity contribution in [2.45, 2.75) is 32.7 Å². The average Bonchev–Trinajstić information content (AvgIpc) is 2.44. The van der Waals surface area contributed by atoms with E-state index in [2.05, 4.69) is 29.1 Å². The maximum absolute atomic E-state index is 11.0. The lowest BCUT2D eigenvalue weighted by molar-refractivity contribution is -0.140. The molecule has 0 spiro atoms. The summed E-state index contributed by atoms with van der Waals surface area (Å²) in [6, 6.07) is 8.33. The number of carbonyl (C=O) groups excluding carboxylic acids is 1. The molecule has 0 aliphatic rings. The van der Waals surface area contributed by atoms with Crippen LogP contribution in [0.3, 0.4) is 0 Å². The largest absolute Gasteiger partial charge is 0.494 e. The van der Waals surface area contributed by atoms with Gasteiger partial charge in [0, 0.05) is 12.5 Å². The second-order valence-electron chi connectivity index (χ2n) is 4.36. The summed E-state index contributed by atoms with van der Waals surface area (Å²) in [4.78, 5) is 11.0. The molecule has 1 aromatic carbocycles. The molecule has 1 unspecified atom stereocenters. The maximum atomic E-state index is 11.0. The quantitative estimate of drug-likeness (QED) is 0.580. The number of hydrogen-bond acceptors (Lipinski definition) is 4. The third kappa shape index (κ3) is 5.75. The fourth-order valence-electron chi connectivity index (χ4n) is 1.79. The minimum atomic E-state index is -0.157. The third-order valence-electron chi connectivity index (χ3n) is 2.93. The van der Waals surface area contributed by atoms with E-state index in [-0.39, 0.29) is 12.0 Å². The van der Waals surface area contributed by atoms with Crippen LogP contribution in [-0.4, -0.2) is 26.2 Å². The first-order valence-electron chi connectivity index (χ1n) is 6.70. The molecule has 0 saturated carbocycles. The van der Waals surface area contributed by atoms with E-state index in [1.807, 2.05) is 19.1 Å². The lowest BCUT2D eigenvalue weighted by Gasteiger charge is -2.14. The lowest BCUT2D eigenvalue weighted by atomic mass is 10.1. The van der Waals surface area contributed by atoms with Crippen molar-refractivity contribution in [1.29, 1.82) is 0 Å². The smallest absolute Gasteiger partial charge is 0.305 e. The molecule has 0 amide bonds. The predicted octanol–water partition coefficient (Wildman–Crippen LogP) is 2.69. The molecule has 1 atom stereocenters. The maximum Gasteiger partial charge on any atom is 0.305 e. The summed E-state index contributed by atoms with van der Waals surface area (Å²) in [5.41, 5.74) is 1.21. The van der Waals surface area contributed by atoms with Crippen LogP contribution in [0.5, 0.6) is 5.75 Å². The molecule has 1 N–H and O–H groups in total. The van der Waals surface area contributed by atoms with Gasteiger partial charge in [-0.25, -0.2) is 0 Å². The summed E-state index contributed by atoms with van der Waals surface area (Å²) in [5, 5.41) is 3.38. The molecular formula is C15H23NO3. The minimum Gasteiger partial charge on any atom is -0.494 e. The molecule has 1 aromatic rings. The lowest BCUT2D eigenvalue weighted by Crippen LogP contribution is -2.20. The van der Waals surface area contributed by atoms with Crippen molar-refractivity contribution in [3.05, 3.63) is 29.8 Å². The summed E-state index contributed by atoms with van der Waals surface area (Å²) in [7, 11) is 1.41. The summed E-state index contributed by atoms with van der Waals surface area (Å²) >= 11 is 0. The Hall–Kier alpha value is -1.55. The van der Waals surface area contributed by atoms with E-state index in [4.69, 9.17) is 4.74 Å². The Morgan fingerprint density at radius 2 is 2.00 bits per heavy atom. The zero-order valence-electron chi connectivity index (χ0n) is 11.9. The van der Waals surface area contributed by atoms with Gasteiger partial charge in [-0.3, -0.25) is 4.79 Å². The summed E-state index contributed by atoms with van der Waals surface area (Å²) in [6.07, 6.45) is 1.24. The normalized spacial score (nSPS) is 11.9. The first-order valence-corrected chi connectivity index (χ1v) is 6.70. The average molecular weight is 265 g/mol. The summed E-state index contributed by atoms with van der Waals surface area (Å²) in [5.74, 6) is 0.736. The van der Waals surface area contributed by atoms with E-state index in [1.54, 1.807) is 0 Å². The van der Waals surface area contributed by atoms with Gasteiger partial charge in [0.05, 0.1) is 13.7 Å². The van der Waals surface area contributed by atoms with Crippen LogP contribution in [0.4, 0.5) is 0 Å². The van der Waals surface area contributed by atoms with E-state index < -0.39 is 0 Å². The standard InChI is InChI=1S/C15H23NO3/c1-4-19-14-9-7-13(8-10-14)12(2)16-11-5-6-15(17)18-3/h7-10,12,16H,4-6,11H2,1-3H3. The number of nitrogens with one attached hydrogen (secondary N) is 1. The first kappa shape index (κ1) is 15.5. The van der Waals surface area contributed by atoms with E-state index in [9.17, 15) is 4.79 Å². The Bertz CT molecular complexity index is 375. The van der Waals surface area contributed by atoms with Gasteiger partial charge in [0.25, 0.3) is 0 Å². The molecular weight excluding hydrogens is 242 g/mol. The second-order valence-corrected chi connectivity index (χ2v) is 4.36. The van der Waals surface area contributed by atoms with Crippen LogP contribution in [0.25, 0.3) is 0 Å². The highest BCUT2D eigenvalue weighted by molar-refractivity contribution is 5.69. The highest BCUT2D eigenvalue weighted by Crippen LogP contribution is 2.17. The van der Waals surface area contributed by atoms with Crippen molar-refractivity contribution < 1.29 is 14.3 Å². The van der Waals surface area contributed by atoms with Crippen LogP contribution in [-0.2, 0) is 9.53 Å². The summed E-state index contributed by atoms with van der Waals surface area (Å²) in [6.45, 7) is 5.55. The van der Waals surface area contributed by atoms with Gasteiger partial charge < -0.3 is 14.8 Å². The van der Waals surface area contributed by atoms with Gasteiger partial charge in [-0.1, -0.05) is 12.1 Å². The number of hydrogen-bond donors (Lipinski definition) is 1. The highest BCUT2D eigenvalue weighted by Gasteiger charge is 2.05. The van der Waals surface area contributed by atoms with Gasteiger partial charge in [-0.15, -0.1) is 0 Å². The molecule has 4 heteroatoms. The van der Waals surface area contributed by atoms with Gasteiger partial charge in [0.2, 0.25) is 0 Å². The number of methoxy groups -OCH3 is 1. The zero-order valence-corrected chi connectivity index (χ0v) is 11.9. The zero-order chi connectivity index (χ0) is 14.1. The molecule has 0 aromatic heterocycles. The molecule has 0 radical (unpaired) electrons. The number of esters is 1. The molecule has 0 bridgehead atoms. The Labute approximate surface area is 115 Å². The van der Waals surface area contributed by atoms with Gasteiger partial charge >= 0.3 is 5.97 Å². The van der Waals surface area contributed by atoms with Crippen LogP contribution >= 0.6 is 0 Å². The van der Waals surface area contributed by atoms with E-state index >= 15 is 0 Å². The van der Waals surface area contributed by atoms with E-state index in [0.717, 1.165) is 18.7 Å². The highest BCUT2D eigenvalue weighted by atomic mass is 16.5. The Kier molecular flexibility index (Phi) is 6.97. The third-order valence-corrected chi connectivity index (χ3v) is 2.93. The van der Waals surface area contributed by atoms with Crippen molar-refractivity contribution in [2.24, 2.45) is 0 Å². The SMILES string of the molecule is CCOc1ccc(C(C)NCCCC(=O)OC)cc1. The number of ether oxygens (including phenoxy) is 2. The van der Waals surface area contributed by atoms with Gasteiger partial charge in [0.1, 0.15) is 5.75 Å². The predicted molar refractivity (Wildman–Crippen MR) is 75.3 cm³/mol. The van der Waals surface area contributed by atoms with Gasteiger partial charge in [-0.05, 0) is 44.5 Å². The molecule has 0 aliphatic heterocycles. The molecule has 1 rings (SSSR count). The Balaban J connectivity index is 2.32. The molecule has 0 fully saturated rings. The van der Waals surface area contributed by atoms with Crippen LogP contribution in [0.15, 0.2) is 24.3 Å². The minimum absolute atomic E-state index is 0.157. The van der Waals surface area contributed by atoms with Crippen molar-refractivity contribution in [3.63, 3.8) is 0 Å². The molecule has 19 heavy (non-hydrogen) atoms. The van der Waals surface area contributed by atoms with Crippen molar-refractivity contribution in [3.8, 4) is 5.75 Å². The van der Waals surface area contributed by atoms with Gasteiger partial charge in [0.15, 0.2) is 0 Å². The van der Waals surface area contributed by atoms with Crippen LogP contribution < -0.4 is 10.1 Å². The monoisotopic (exact) mass is 265 g/mol. The van der Waals surface area contributed by atoms with Crippen molar-refractivity contribution >= 4 is 5.97 Å². The van der Waals surface area contributed by atoms with Crippen LogP contribution in [0.2, 0.25) is 0 Å². The molecule has 4 nitrogen and oxygen atoms in total. The molecule has 0 heterocycles. The van der Waals surface area contributed by atoms with Gasteiger partial charge in [-0.2, -0.15) is 0 Å². The Morgan fingerprint density at radius 1 is 1.32 bits per heavy atom. The van der Waals surface area contributed by atoms with Crippen molar-refractivity contribution in [1.82, 2.24) is 5.32 Å². The Morgan fingerprint density at radius 3 is 2.58 bits per heavy atom. The number of rotatable bonds is 8. The fraction of sp³-hybridized carbons (Fsp3) is 0.533. The van der Waals surface area contributed by atoms with E-state index in [1.165, 1.54) is 12.7 Å². The molecule has 0 aliphatic carbocycles. The number of carbonyl (C=O) groups is 1. The molecule has 106 valence electrons. The topological polar surface area (TPSA) is 47.6 Å². The molecule has 0 saturated heterocycles. The second kappa shape index (κ2) is 8.53. The van der Waals surface area contributed by atoms with Crippen LogP contribution in [0, 0.1) is 0 Å². The fourth-order valence-corrected chi connectivity index (χ4v) is 1.79. The first-order chi connectivity index (χ1) is 9.17. The van der Waals surface area contributed by atoms with E-state index in [0.29, 0.717) is 13.0 Å². The van der Waals surface area contributed by atoms with Crippen molar-refractivity contribution in [2.75, 3.05) is 20.3 Å².